The van der Waals surface area contributed by atoms with E-state index in [2.05, 4.69) is 6.92 Å². The average Bonchev–Trinajstić information content (AvgIpc) is 2.26. The van der Waals surface area contributed by atoms with E-state index in [1.807, 2.05) is 18.7 Å². The summed E-state index contributed by atoms with van der Waals surface area (Å²) in [6.07, 6.45) is 5.23. The predicted octanol–water partition coefficient (Wildman–Crippen LogP) is 1.90. The van der Waals surface area contributed by atoms with E-state index in [9.17, 15) is 4.79 Å². The Labute approximate surface area is 93.0 Å². The van der Waals surface area contributed by atoms with Crippen molar-refractivity contribution < 1.29 is 4.79 Å². The lowest BCUT2D eigenvalue weighted by molar-refractivity contribution is -0.134. The fraction of sp³-hybridized carbons (Fsp3) is 0.917. The Balaban J connectivity index is 2.56. The number of carbonyl (C=O) groups is 1. The number of carbonyl (C=O) groups excluding carboxylic acids is 1. The Morgan fingerprint density at radius 3 is 2.67 bits per heavy atom. The lowest BCUT2D eigenvalue weighted by Gasteiger charge is -2.30. The van der Waals surface area contributed by atoms with E-state index in [0.717, 1.165) is 19.4 Å². The van der Waals surface area contributed by atoms with Crippen molar-refractivity contribution in [2.45, 2.75) is 64.5 Å². The van der Waals surface area contributed by atoms with Crippen LogP contribution in [0.3, 0.4) is 0 Å². The van der Waals surface area contributed by atoms with Crippen LogP contribution in [0.15, 0.2) is 0 Å². The second kappa shape index (κ2) is 4.97. The van der Waals surface area contributed by atoms with Crippen LogP contribution in [-0.2, 0) is 4.79 Å². The maximum Gasteiger partial charge on any atom is 0.224 e. The molecule has 0 aromatic rings. The van der Waals surface area contributed by atoms with Crippen molar-refractivity contribution in [3.05, 3.63) is 0 Å². The monoisotopic (exact) mass is 212 g/mol. The molecule has 3 nitrogen and oxygen atoms in total. The van der Waals surface area contributed by atoms with Crippen LogP contribution in [0.1, 0.15) is 52.9 Å². The van der Waals surface area contributed by atoms with Crippen molar-refractivity contribution in [1.82, 2.24) is 4.90 Å². The van der Waals surface area contributed by atoms with Crippen LogP contribution in [0.5, 0.6) is 0 Å². The molecule has 1 unspecified atom stereocenters. The largest absolute Gasteiger partial charge is 0.340 e. The first-order valence-electron chi connectivity index (χ1n) is 5.98. The predicted molar refractivity (Wildman–Crippen MR) is 62.5 cm³/mol. The van der Waals surface area contributed by atoms with Gasteiger partial charge in [-0.2, -0.15) is 0 Å². The Morgan fingerprint density at radius 1 is 1.40 bits per heavy atom. The van der Waals surface area contributed by atoms with Gasteiger partial charge in [0.2, 0.25) is 5.91 Å². The molecule has 0 aromatic carbocycles. The highest BCUT2D eigenvalue weighted by Crippen LogP contribution is 2.18. The number of likely N-dealkylation sites (tertiary alicyclic amines) is 1. The smallest absolute Gasteiger partial charge is 0.224 e. The van der Waals surface area contributed by atoms with Gasteiger partial charge in [-0.15, -0.1) is 0 Å². The molecule has 1 saturated heterocycles. The normalized spacial score (nSPS) is 23.7. The fourth-order valence-corrected chi connectivity index (χ4v) is 2.14. The summed E-state index contributed by atoms with van der Waals surface area (Å²) < 4.78 is 0. The molecule has 0 radical (unpaired) electrons. The zero-order valence-corrected chi connectivity index (χ0v) is 10.3. The van der Waals surface area contributed by atoms with Crippen molar-refractivity contribution in [2.24, 2.45) is 5.73 Å². The van der Waals surface area contributed by atoms with E-state index >= 15 is 0 Å². The zero-order chi connectivity index (χ0) is 11.5. The van der Waals surface area contributed by atoms with Gasteiger partial charge in [-0.05, 0) is 33.6 Å². The van der Waals surface area contributed by atoms with E-state index in [4.69, 9.17) is 5.73 Å². The highest BCUT2D eigenvalue weighted by molar-refractivity contribution is 5.77. The van der Waals surface area contributed by atoms with Gasteiger partial charge >= 0.3 is 0 Å². The van der Waals surface area contributed by atoms with Crippen molar-refractivity contribution in [2.75, 3.05) is 6.54 Å². The third-order valence-electron chi connectivity index (χ3n) is 2.98. The Morgan fingerprint density at radius 2 is 2.07 bits per heavy atom. The molecule has 1 aliphatic heterocycles. The molecule has 2 N–H and O–H groups in total. The molecule has 0 saturated carbocycles. The third kappa shape index (κ3) is 4.20. The summed E-state index contributed by atoms with van der Waals surface area (Å²) in [4.78, 5) is 14.0. The summed E-state index contributed by atoms with van der Waals surface area (Å²) in [5.41, 5.74) is 5.49. The highest BCUT2D eigenvalue weighted by atomic mass is 16.2. The van der Waals surface area contributed by atoms with Gasteiger partial charge in [0.25, 0.3) is 0 Å². The number of hydrogen-bond acceptors (Lipinski definition) is 2. The second-order valence-corrected chi connectivity index (χ2v) is 5.45. The van der Waals surface area contributed by atoms with Crippen molar-refractivity contribution in [3.63, 3.8) is 0 Å². The molecule has 1 atom stereocenters. The molecule has 3 heteroatoms. The van der Waals surface area contributed by atoms with Crippen LogP contribution >= 0.6 is 0 Å². The molecule has 0 bridgehead atoms. The lowest BCUT2D eigenvalue weighted by atomic mass is 10.0. The molecule has 1 fully saturated rings. The number of nitrogens with zero attached hydrogens (tertiary/aromatic N) is 1. The Kier molecular flexibility index (Phi) is 4.14. The van der Waals surface area contributed by atoms with Gasteiger partial charge in [0.15, 0.2) is 0 Å². The molecule has 0 aromatic heterocycles. The lowest BCUT2D eigenvalue weighted by Crippen LogP contribution is -2.44. The van der Waals surface area contributed by atoms with Crippen LogP contribution < -0.4 is 5.73 Å². The minimum absolute atomic E-state index is 0.219. The van der Waals surface area contributed by atoms with Gasteiger partial charge in [-0.3, -0.25) is 4.79 Å². The van der Waals surface area contributed by atoms with Gasteiger partial charge in [-0.1, -0.05) is 12.8 Å². The van der Waals surface area contributed by atoms with Gasteiger partial charge in [0.05, 0.1) is 0 Å². The Bertz CT molecular complexity index is 220. The van der Waals surface area contributed by atoms with E-state index in [0.29, 0.717) is 12.5 Å². The summed E-state index contributed by atoms with van der Waals surface area (Å²) in [7, 11) is 0. The first-order valence-corrected chi connectivity index (χ1v) is 5.98. The van der Waals surface area contributed by atoms with Gasteiger partial charge < -0.3 is 10.6 Å². The van der Waals surface area contributed by atoms with Crippen LogP contribution in [-0.4, -0.2) is 28.9 Å². The van der Waals surface area contributed by atoms with Gasteiger partial charge in [-0.25, -0.2) is 0 Å². The number of hydrogen-bond donors (Lipinski definition) is 1. The fourth-order valence-electron chi connectivity index (χ4n) is 2.14. The standard InChI is InChI=1S/C12H24N2O/c1-10-7-5-4-6-8-14(10)11(15)9-12(2,3)13/h10H,4-9,13H2,1-3H3. The summed E-state index contributed by atoms with van der Waals surface area (Å²) in [6, 6.07) is 0.391. The van der Waals surface area contributed by atoms with Gasteiger partial charge in [0, 0.05) is 24.5 Å². The molecular formula is C12H24N2O. The maximum atomic E-state index is 12.0. The zero-order valence-electron chi connectivity index (χ0n) is 10.3. The molecule has 15 heavy (non-hydrogen) atoms. The molecule has 0 aliphatic carbocycles. The van der Waals surface area contributed by atoms with E-state index in [-0.39, 0.29) is 11.4 Å². The second-order valence-electron chi connectivity index (χ2n) is 5.45. The molecule has 1 heterocycles. The highest BCUT2D eigenvalue weighted by Gasteiger charge is 2.25. The quantitative estimate of drug-likeness (QED) is 0.760. The van der Waals surface area contributed by atoms with Crippen molar-refractivity contribution in [3.8, 4) is 0 Å². The van der Waals surface area contributed by atoms with Crippen molar-refractivity contribution in [1.29, 1.82) is 0 Å². The minimum atomic E-state index is -0.386. The van der Waals surface area contributed by atoms with Crippen LogP contribution in [0.25, 0.3) is 0 Å². The number of amides is 1. The minimum Gasteiger partial charge on any atom is -0.340 e. The van der Waals surface area contributed by atoms with Crippen LogP contribution in [0, 0.1) is 0 Å². The summed E-state index contributed by atoms with van der Waals surface area (Å²) in [5.74, 6) is 0.219. The molecule has 1 amide bonds. The van der Waals surface area contributed by atoms with Crippen molar-refractivity contribution >= 4 is 5.91 Å². The van der Waals surface area contributed by atoms with Crippen LogP contribution in [0.4, 0.5) is 0 Å². The molecule has 1 aliphatic rings. The van der Waals surface area contributed by atoms with Crippen LogP contribution in [0.2, 0.25) is 0 Å². The first-order chi connectivity index (χ1) is 6.90. The first kappa shape index (κ1) is 12.5. The SMILES string of the molecule is CC1CCCCCN1C(=O)CC(C)(C)N. The van der Waals surface area contributed by atoms with E-state index in [1.165, 1.54) is 12.8 Å². The Hall–Kier alpha value is -0.570. The molecule has 88 valence electrons. The third-order valence-corrected chi connectivity index (χ3v) is 2.98. The van der Waals surface area contributed by atoms with E-state index < -0.39 is 0 Å². The summed E-state index contributed by atoms with van der Waals surface area (Å²) >= 11 is 0. The molecule has 0 spiro atoms. The molecular weight excluding hydrogens is 188 g/mol. The number of nitrogens with two attached hydrogens (primary N) is 1. The van der Waals surface area contributed by atoms with Gasteiger partial charge in [0.1, 0.15) is 0 Å². The average molecular weight is 212 g/mol. The molecule has 1 rings (SSSR count). The topological polar surface area (TPSA) is 46.3 Å². The maximum absolute atomic E-state index is 12.0. The summed E-state index contributed by atoms with van der Waals surface area (Å²) in [5, 5.41) is 0. The number of rotatable bonds is 2. The van der Waals surface area contributed by atoms with E-state index in [1.54, 1.807) is 0 Å². The summed E-state index contributed by atoms with van der Waals surface area (Å²) in [6.45, 7) is 6.88.